The van der Waals surface area contributed by atoms with Crippen LogP contribution in [0, 0.1) is 5.92 Å². The molecule has 2 aliphatic heterocycles. The van der Waals surface area contributed by atoms with Gasteiger partial charge in [0.25, 0.3) is 5.91 Å². The monoisotopic (exact) mass is 614 g/mol. The Hall–Kier alpha value is -3.95. The minimum absolute atomic E-state index is 0.00369. The number of thiocarbonyl (C=S) groups is 1. The zero-order valence-corrected chi connectivity index (χ0v) is 26.4. The Kier molecular flexibility index (Phi) is 10.9. The first-order chi connectivity index (χ1) is 21.4. The Morgan fingerprint density at radius 1 is 0.932 bits per heavy atom. The molecule has 0 spiro atoms. The van der Waals surface area contributed by atoms with E-state index in [4.69, 9.17) is 21.7 Å². The van der Waals surface area contributed by atoms with Crippen LogP contribution in [0.25, 0.3) is 0 Å². The molecule has 2 saturated heterocycles. The van der Waals surface area contributed by atoms with E-state index in [1.54, 1.807) is 24.1 Å². The minimum atomic E-state index is -0.677. The maximum atomic E-state index is 13.8. The third-order valence-corrected chi connectivity index (χ3v) is 8.84. The van der Waals surface area contributed by atoms with E-state index >= 15 is 0 Å². The van der Waals surface area contributed by atoms with Crippen molar-refractivity contribution in [2.24, 2.45) is 5.92 Å². The number of likely N-dealkylation sites (tertiary alicyclic amines) is 1. The average molecular weight is 615 g/mol. The molecular formula is C35H42N4O4S. The quantitative estimate of drug-likeness (QED) is 0.245. The van der Waals surface area contributed by atoms with E-state index in [1.807, 2.05) is 48.2 Å². The van der Waals surface area contributed by atoms with Gasteiger partial charge < -0.3 is 24.6 Å². The average Bonchev–Trinajstić information content (AvgIpc) is 3.27. The topological polar surface area (TPSA) is 74.3 Å². The molecule has 8 nitrogen and oxygen atoms in total. The Morgan fingerprint density at radius 2 is 1.61 bits per heavy atom. The number of rotatable bonds is 13. The fourth-order valence-corrected chi connectivity index (χ4v) is 6.49. The summed E-state index contributed by atoms with van der Waals surface area (Å²) in [7, 11) is 1.60. The number of carbonyl (C=O) groups excluding carboxylic acids is 2. The van der Waals surface area contributed by atoms with Gasteiger partial charge in [-0.1, -0.05) is 30.3 Å². The standard InChI is InChI=1S/C35H42N4O4S/c1-3-43-31-14-10-28(11-15-31)36-33(40)25-32-34(41)39(29-12-16-30(42-2)17-13-29)35(44)38(32)21-7-20-37-22-18-27(19-23-37)24-26-8-5-4-6-9-26/h4-6,8-17,27,32H,3,7,18-25H2,1-2H3,(H,36,40). The molecule has 3 aromatic carbocycles. The number of hydrogen-bond acceptors (Lipinski definition) is 6. The molecule has 2 heterocycles. The SMILES string of the molecule is CCOc1ccc(NC(=O)CC2C(=O)N(c3ccc(OC)cc3)C(=S)N2CCCN2CCC(Cc3ccccc3)CC2)cc1. The highest BCUT2D eigenvalue weighted by Crippen LogP contribution is 2.29. The molecule has 2 aliphatic rings. The lowest BCUT2D eigenvalue weighted by molar-refractivity contribution is -0.124. The van der Waals surface area contributed by atoms with Gasteiger partial charge in [0.05, 0.1) is 25.8 Å². The van der Waals surface area contributed by atoms with Crippen molar-refractivity contribution in [3.63, 3.8) is 0 Å². The van der Waals surface area contributed by atoms with E-state index in [9.17, 15) is 9.59 Å². The summed E-state index contributed by atoms with van der Waals surface area (Å²) in [5, 5.41) is 3.36. The molecule has 0 bridgehead atoms. The van der Waals surface area contributed by atoms with Crippen molar-refractivity contribution in [2.75, 3.05) is 50.1 Å². The van der Waals surface area contributed by atoms with Crippen molar-refractivity contribution in [3.05, 3.63) is 84.4 Å². The van der Waals surface area contributed by atoms with Gasteiger partial charge in [-0.25, -0.2) is 0 Å². The zero-order valence-electron chi connectivity index (χ0n) is 25.6. The van der Waals surface area contributed by atoms with Crippen LogP contribution in [0.3, 0.4) is 0 Å². The van der Waals surface area contributed by atoms with E-state index in [0.29, 0.717) is 41.3 Å². The smallest absolute Gasteiger partial charge is 0.256 e. The number of nitrogens with zero attached hydrogens (tertiary/aromatic N) is 3. The van der Waals surface area contributed by atoms with Gasteiger partial charge in [-0.2, -0.15) is 0 Å². The van der Waals surface area contributed by atoms with Crippen LogP contribution in [0.15, 0.2) is 78.9 Å². The summed E-state index contributed by atoms with van der Waals surface area (Å²) in [5.74, 6) is 1.72. The molecule has 232 valence electrons. The van der Waals surface area contributed by atoms with Gasteiger partial charge in [-0.15, -0.1) is 0 Å². The Morgan fingerprint density at radius 3 is 2.27 bits per heavy atom. The van der Waals surface area contributed by atoms with Gasteiger partial charge in [0, 0.05) is 12.2 Å². The second-order valence-electron chi connectivity index (χ2n) is 11.4. The van der Waals surface area contributed by atoms with Crippen molar-refractivity contribution < 1.29 is 19.1 Å². The number of hydrogen-bond donors (Lipinski definition) is 1. The third-order valence-electron chi connectivity index (χ3n) is 8.42. The molecule has 0 radical (unpaired) electrons. The Bertz CT molecular complexity index is 1390. The molecule has 0 saturated carbocycles. The molecule has 44 heavy (non-hydrogen) atoms. The highest BCUT2D eigenvalue weighted by Gasteiger charge is 2.44. The van der Waals surface area contributed by atoms with Crippen LogP contribution in [-0.4, -0.2) is 72.7 Å². The number of ether oxygens (including phenoxy) is 2. The maximum absolute atomic E-state index is 13.8. The number of piperidine rings is 1. The number of benzene rings is 3. The van der Waals surface area contributed by atoms with E-state index < -0.39 is 6.04 Å². The minimum Gasteiger partial charge on any atom is -0.497 e. The summed E-state index contributed by atoms with van der Waals surface area (Å²) in [6.45, 7) is 6.18. The lowest BCUT2D eigenvalue weighted by Gasteiger charge is -2.33. The third kappa shape index (κ3) is 7.95. The molecule has 1 atom stereocenters. The van der Waals surface area contributed by atoms with E-state index in [2.05, 4.69) is 40.5 Å². The number of methoxy groups -OCH3 is 1. The molecule has 1 unspecified atom stereocenters. The van der Waals surface area contributed by atoms with Gasteiger partial charge >= 0.3 is 0 Å². The largest absolute Gasteiger partial charge is 0.497 e. The fraction of sp³-hybridized carbons (Fsp3) is 0.400. The fourth-order valence-electron chi connectivity index (χ4n) is 6.07. The van der Waals surface area contributed by atoms with Crippen LogP contribution in [0.5, 0.6) is 11.5 Å². The molecule has 0 aromatic heterocycles. The molecule has 5 rings (SSSR count). The molecule has 2 fully saturated rings. The summed E-state index contributed by atoms with van der Waals surface area (Å²) in [6.07, 6.45) is 4.37. The van der Waals surface area contributed by atoms with Crippen molar-refractivity contribution in [3.8, 4) is 11.5 Å². The lowest BCUT2D eigenvalue weighted by Crippen LogP contribution is -2.40. The number of carbonyl (C=O) groups is 2. The van der Waals surface area contributed by atoms with E-state index in [1.165, 1.54) is 18.4 Å². The van der Waals surface area contributed by atoms with Crippen LogP contribution < -0.4 is 19.7 Å². The second kappa shape index (κ2) is 15.2. The first-order valence-corrected chi connectivity index (χ1v) is 15.9. The summed E-state index contributed by atoms with van der Waals surface area (Å²) in [4.78, 5) is 33.0. The first kappa shape index (κ1) is 31.5. The second-order valence-corrected chi connectivity index (χ2v) is 11.8. The first-order valence-electron chi connectivity index (χ1n) is 15.5. The summed E-state index contributed by atoms with van der Waals surface area (Å²) in [5.41, 5.74) is 2.73. The molecule has 0 aliphatic carbocycles. The van der Waals surface area contributed by atoms with Gasteiger partial charge in [-0.3, -0.25) is 14.5 Å². The predicted molar refractivity (Wildman–Crippen MR) is 178 cm³/mol. The zero-order chi connectivity index (χ0) is 30.9. The van der Waals surface area contributed by atoms with Crippen molar-refractivity contribution in [2.45, 2.75) is 45.1 Å². The maximum Gasteiger partial charge on any atom is 0.256 e. The Balaban J connectivity index is 1.20. The molecule has 3 aromatic rings. The number of amides is 2. The lowest BCUT2D eigenvalue weighted by atomic mass is 9.90. The van der Waals surface area contributed by atoms with E-state index in [0.717, 1.165) is 38.2 Å². The summed E-state index contributed by atoms with van der Waals surface area (Å²) >= 11 is 5.87. The van der Waals surface area contributed by atoms with Crippen molar-refractivity contribution >= 4 is 40.5 Å². The van der Waals surface area contributed by atoms with Gasteiger partial charge in [0.2, 0.25) is 5.91 Å². The van der Waals surface area contributed by atoms with Gasteiger partial charge in [-0.05, 0) is 124 Å². The molecular weight excluding hydrogens is 572 g/mol. The van der Waals surface area contributed by atoms with E-state index in [-0.39, 0.29) is 18.2 Å². The van der Waals surface area contributed by atoms with Crippen molar-refractivity contribution in [1.82, 2.24) is 9.80 Å². The number of anilines is 2. The van der Waals surface area contributed by atoms with Crippen LogP contribution >= 0.6 is 12.2 Å². The summed E-state index contributed by atoms with van der Waals surface area (Å²) in [6, 6.07) is 24.6. The van der Waals surface area contributed by atoms with Gasteiger partial charge in [0.15, 0.2) is 5.11 Å². The van der Waals surface area contributed by atoms with Crippen LogP contribution in [0.1, 0.15) is 38.2 Å². The van der Waals surface area contributed by atoms with Crippen molar-refractivity contribution in [1.29, 1.82) is 0 Å². The van der Waals surface area contributed by atoms with Gasteiger partial charge in [0.1, 0.15) is 17.5 Å². The molecule has 1 N–H and O–H groups in total. The number of nitrogens with one attached hydrogen (secondary N) is 1. The van der Waals surface area contributed by atoms with Crippen LogP contribution in [0.4, 0.5) is 11.4 Å². The van der Waals surface area contributed by atoms with Crippen LogP contribution in [0.2, 0.25) is 0 Å². The highest BCUT2D eigenvalue weighted by molar-refractivity contribution is 7.80. The normalized spacial score (nSPS) is 17.6. The molecule has 9 heteroatoms. The summed E-state index contributed by atoms with van der Waals surface area (Å²) < 4.78 is 10.8. The molecule has 2 amide bonds. The predicted octanol–water partition coefficient (Wildman–Crippen LogP) is 5.77. The Labute approximate surface area is 265 Å². The van der Waals surface area contributed by atoms with Crippen LogP contribution in [-0.2, 0) is 16.0 Å². The highest BCUT2D eigenvalue weighted by atomic mass is 32.1.